The molecule has 24 heavy (non-hydrogen) atoms. The fourth-order valence-electron chi connectivity index (χ4n) is 2.00. The molecule has 7 heteroatoms. The van der Waals surface area contributed by atoms with Crippen molar-refractivity contribution in [2.45, 2.75) is 24.8 Å². The number of nitrogens with one attached hydrogen (secondary N) is 1. The third kappa shape index (κ3) is 4.87. The first-order valence-electron chi connectivity index (χ1n) is 7.29. The van der Waals surface area contributed by atoms with Crippen molar-refractivity contribution in [3.05, 3.63) is 59.9 Å². The average molecular weight is 351 g/mol. The number of ketones is 1. The summed E-state index contributed by atoms with van der Waals surface area (Å²) in [4.78, 5) is 11.4. The average Bonchev–Trinajstić information content (AvgIpc) is 2.54. The first kappa shape index (κ1) is 18.1. The number of hydrogen-bond acceptors (Lipinski definition) is 4. The van der Waals surface area contributed by atoms with Gasteiger partial charge in [-0.2, -0.15) is 0 Å². The van der Waals surface area contributed by atoms with Crippen LogP contribution < -0.4 is 9.46 Å². The summed E-state index contributed by atoms with van der Waals surface area (Å²) in [6.45, 7) is 3.10. The Bertz CT molecular complexity index is 819. The van der Waals surface area contributed by atoms with E-state index in [9.17, 15) is 17.6 Å². The molecule has 1 unspecified atom stereocenters. The van der Waals surface area contributed by atoms with Crippen LogP contribution in [0.5, 0.6) is 5.75 Å². The van der Waals surface area contributed by atoms with Crippen LogP contribution in [0, 0.1) is 5.82 Å². The maximum Gasteiger partial charge on any atom is 0.240 e. The topological polar surface area (TPSA) is 72.5 Å². The SMILES string of the molecule is CC(=O)c1cccc(S(=O)(=O)NC(C)COc2ccc(F)cc2)c1. The van der Waals surface area contributed by atoms with Crippen LogP contribution in [0.1, 0.15) is 24.2 Å². The molecule has 0 saturated heterocycles. The van der Waals surface area contributed by atoms with E-state index >= 15 is 0 Å². The van der Waals surface area contributed by atoms with Gasteiger partial charge in [-0.05, 0) is 50.2 Å². The van der Waals surface area contributed by atoms with Gasteiger partial charge in [0.25, 0.3) is 0 Å². The van der Waals surface area contributed by atoms with Gasteiger partial charge in [0.2, 0.25) is 10.0 Å². The summed E-state index contributed by atoms with van der Waals surface area (Å²) < 4.78 is 45.4. The van der Waals surface area contributed by atoms with Gasteiger partial charge in [-0.3, -0.25) is 4.79 Å². The van der Waals surface area contributed by atoms with E-state index < -0.39 is 16.1 Å². The molecule has 0 aromatic heterocycles. The zero-order chi connectivity index (χ0) is 17.7. The lowest BCUT2D eigenvalue weighted by atomic mass is 10.2. The molecule has 0 heterocycles. The Kier molecular flexibility index (Phi) is 5.69. The fraction of sp³-hybridized carbons (Fsp3) is 0.235. The normalized spacial score (nSPS) is 12.6. The molecule has 0 amide bonds. The molecular formula is C17H18FNO4S. The zero-order valence-electron chi connectivity index (χ0n) is 13.3. The number of ether oxygens (including phenoxy) is 1. The van der Waals surface area contributed by atoms with Gasteiger partial charge in [-0.15, -0.1) is 0 Å². The molecular weight excluding hydrogens is 333 g/mol. The Morgan fingerprint density at radius 3 is 2.50 bits per heavy atom. The molecule has 5 nitrogen and oxygen atoms in total. The van der Waals surface area contributed by atoms with Crippen LogP contribution in [0.3, 0.4) is 0 Å². The predicted molar refractivity (Wildman–Crippen MR) is 88.1 cm³/mol. The van der Waals surface area contributed by atoms with Crippen LogP contribution in [0.4, 0.5) is 4.39 Å². The van der Waals surface area contributed by atoms with E-state index in [1.165, 1.54) is 49.4 Å². The van der Waals surface area contributed by atoms with Crippen LogP contribution in [-0.4, -0.2) is 26.8 Å². The second kappa shape index (κ2) is 7.55. The third-order valence-corrected chi connectivity index (χ3v) is 4.81. The zero-order valence-corrected chi connectivity index (χ0v) is 14.1. The molecule has 1 atom stereocenters. The van der Waals surface area contributed by atoms with Crippen molar-refractivity contribution in [2.75, 3.05) is 6.61 Å². The molecule has 2 rings (SSSR count). The van der Waals surface area contributed by atoms with Gasteiger partial charge in [-0.25, -0.2) is 17.5 Å². The third-order valence-electron chi connectivity index (χ3n) is 3.22. The highest BCUT2D eigenvalue weighted by atomic mass is 32.2. The van der Waals surface area contributed by atoms with Gasteiger partial charge in [0.05, 0.1) is 10.9 Å². The highest BCUT2D eigenvalue weighted by Gasteiger charge is 2.18. The van der Waals surface area contributed by atoms with Gasteiger partial charge < -0.3 is 4.74 Å². The maximum absolute atomic E-state index is 12.8. The Labute approximate surface area is 140 Å². The molecule has 0 radical (unpaired) electrons. The summed E-state index contributed by atoms with van der Waals surface area (Å²) in [5.41, 5.74) is 0.327. The number of hydrogen-bond donors (Lipinski definition) is 1. The lowest BCUT2D eigenvalue weighted by Gasteiger charge is -2.15. The standard InChI is InChI=1S/C17H18FNO4S/c1-12(11-23-16-8-6-15(18)7-9-16)19-24(21,22)17-5-3-4-14(10-17)13(2)20/h3-10,12,19H,11H2,1-2H3. The van der Waals surface area contributed by atoms with E-state index in [2.05, 4.69) is 4.72 Å². The van der Waals surface area contributed by atoms with E-state index in [0.717, 1.165) is 0 Å². The first-order valence-corrected chi connectivity index (χ1v) is 8.78. The van der Waals surface area contributed by atoms with Gasteiger partial charge in [0, 0.05) is 5.56 Å². The minimum absolute atomic E-state index is 0.0174. The van der Waals surface area contributed by atoms with Gasteiger partial charge in [0.1, 0.15) is 18.2 Å². The number of benzene rings is 2. The number of carbonyl (C=O) groups is 1. The second-order valence-electron chi connectivity index (χ2n) is 5.37. The first-order chi connectivity index (χ1) is 11.3. The predicted octanol–water partition coefficient (Wildman–Crippen LogP) is 2.77. The van der Waals surface area contributed by atoms with Crippen molar-refractivity contribution < 1.29 is 22.3 Å². The molecule has 128 valence electrons. The van der Waals surface area contributed by atoms with E-state index in [1.54, 1.807) is 13.0 Å². The van der Waals surface area contributed by atoms with E-state index in [4.69, 9.17) is 4.74 Å². The van der Waals surface area contributed by atoms with Crippen molar-refractivity contribution >= 4 is 15.8 Å². The fourth-order valence-corrected chi connectivity index (χ4v) is 3.27. The Hall–Kier alpha value is -2.25. The van der Waals surface area contributed by atoms with Crippen molar-refractivity contribution in [1.29, 1.82) is 0 Å². The minimum Gasteiger partial charge on any atom is -0.492 e. The molecule has 0 saturated carbocycles. The summed E-state index contributed by atoms with van der Waals surface area (Å²) >= 11 is 0. The van der Waals surface area contributed by atoms with Crippen molar-refractivity contribution in [1.82, 2.24) is 4.72 Å². The van der Waals surface area contributed by atoms with Crippen LogP contribution in [0.25, 0.3) is 0 Å². The monoisotopic (exact) mass is 351 g/mol. The van der Waals surface area contributed by atoms with Crippen molar-refractivity contribution in [2.24, 2.45) is 0 Å². The maximum atomic E-state index is 12.8. The minimum atomic E-state index is -3.77. The van der Waals surface area contributed by atoms with Gasteiger partial charge in [-0.1, -0.05) is 12.1 Å². The Morgan fingerprint density at radius 2 is 1.88 bits per heavy atom. The molecule has 2 aromatic rings. The largest absolute Gasteiger partial charge is 0.492 e. The summed E-state index contributed by atoms with van der Waals surface area (Å²) in [5.74, 6) is -0.137. The van der Waals surface area contributed by atoms with E-state index in [0.29, 0.717) is 11.3 Å². The summed E-state index contributed by atoms with van der Waals surface area (Å²) in [6.07, 6.45) is 0. The number of rotatable bonds is 7. The molecule has 0 aliphatic carbocycles. The van der Waals surface area contributed by atoms with E-state index in [1.807, 2.05) is 0 Å². The molecule has 0 aliphatic heterocycles. The van der Waals surface area contributed by atoms with Crippen molar-refractivity contribution in [3.63, 3.8) is 0 Å². The smallest absolute Gasteiger partial charge is 0.240 e. The van der Waals surface area contributed by atoms with Crippen LogP contribution in [0.15, 0.2) is 53.4 Å². The van der Waals surface area contributed by atoms with Crippen LogP contribution in [-0.2, 0) is 10.0 Å². The quantitative estimate of drug-likeness (QED) is 0.779. The van der Waals surface area contributed by atoms with Gasteiger partial charge >= 0.3 is 0 Å². The molecule has 0 bridgehead atoms. The lowest BCUT2D eigenvalue weighted by molar-refractivity contribution is 0.101. The molecule has 0 fully saturated rings. The second-order valence-corrected chi connectivity index (χ2v) is 7.09. The van der Waals surface area contributed by atoms with Crippen LogP contribution in [0.2, 0.25) is 0 Å². The van der Waals surface area contributed by atoms with Crippen LogP contribution >= 0.6 is 0 Å². The van der Waals surface area contributed by atoms with Gasteiger partial charge in [0.15, 0.2) is 5.78 Å². The molecule has 0 spiro atoms. The summed E-state index contributed by atoms with van der Waals surface area (Å²) in [5, 5.41) is 0. The highest BCUT2D eigenvalue weighted by molar-refractivity contribution is 7.89. The number of Topliss-reactive ketones (excluding diaryl/α,β-unsaturated/α-hetero) is 1. The Morgan fingerprint density at radius 1 is 1.21 bits per heavy atom. The highest BCUT2D eigenvalue weighted by Crippen LogP contribution is 2.14. The molecule has 2 aromatic carbocycles. The lowest BCUT2D eigenvalue weighted by Crippen LogP contribution is -2.36. The summed E-state index contributed by atoms with van der Waals surface area (Å²) in [6, 6.07) is 10.8. The molecule has 0 aliphatic rings. The number of halogens is 1. The number of sulfonamides is 1. The van der Waals surface area contributed by atoms with E-state index in [-0.39, 0.29) is 23.1 Å². The molecule has 1 N–H and O–H groups in total. The van der Waals surface area contributed by atoms with Crippen molar-refractivity contribution in [3.8, 4) is 5.75 Å². The Balaban J connectivity index is 2.01. The summed E-state index contributed by atoms with van der Waals surface area (Å²) in [7, 11) is -3.77. The number of carbonyl (C=O) groups excluding carboxylic acids is 1.